The number of nitrogens with zero attached hydrogens (tertiary/aromatic N) is 2. The first-order valence-corrected chi connectivity index (χ1v) is 19.2. The van der Waals surface area contributed by atoms with Gasteiger partial charge in [-0.25, -0.2) is 0 Å². The third-order valence-corrected chi connectivity index (χ3v) is 11.7. The second kappa shape index (κ2) is 12.0. The maximum absolute atomic E-state index is 9.41. The predicted molar refractivity (Wildman–Crippen MR) is 239 cm³/mol. The molecule has 0 atom stereocenters. The van der Waals surface area contributed by atoms with Crippen molar-refractivity contribution in [3.8, 4) is 33.6 Å². The number of aromatic nitrogens is 2. The molecular formula is C54H34N2. The maximum atomic E-state index is 9.41. The third kappa shape index (κ3) is 4.57. The molecule has 0 radical (unpaired) electrons. The molecule has 0 aliphatic rings. The van der Waals surface area contributed by atoms with Crippen LogP contribution in [0.15, 0.2) is 206 Å². The van der Waals surface area contributed by atoms with Crippen LogP contribution in [0, 0.1) is 0 Å². The van der Waals surface area contributed by atoms with Gasteiger partial charge in [0.25, 0.3) is 0 Å². The first-order valence-electron chi connectivity index (χ1n) is 20.2. The highest BCUT2D eigenvalue weighted by Crippen LogP contribution is 2.43. The minimum Gasteiger partial charge on any atom is -0.309 e. The van der Waals surface area contributed by atoms with Crippen molar-refractivity contribution in [1.29, 1.82) is 0 Å². The van der Waals surface area contributed by atoms with Crippen molar-refractivity contribution in [2.24, 2.45) is 0 Å². The monoisotopic (exact) mass is 712 g/mol. The normalized spacial score (nSPS) is 12.4. The van der Waals surface area contributed by atoms with E-state index in [-0.39, 0.29) is 0 Å². The Bertz CT molecular complexity index is 3660. The lowest BCUT2D eigenvalue weighted by Gasteiger charge is -2.13. The number of hydrogen-bond acceptors (Lipinski definition) is 0. The molecule has 0 amide bonds. The van der Waals surface area contributed by atoms with Crippen LogP contribution in [-0.2, 0) is 0 Å². The summed E-state index contributed by atoms with van der Waals surface area (Å²) >= 11 is 0. The van der Waals surface area contributed by atoms with Gasteiger partial charge in [0.2, 0.25) is 0 Å². The molecule has 0 unspecified atom stereocenters. The molecule has 0 saturated carbocycles. The molecule has 0 spiro atoms. The minimum atomic E-state index is 0.389. The summed E-state index contributed by atoms with van der Waals surface area (Å²) in [5.41, 5.74) is 10.4. The molecule has 2 nitrogen and oxygen atoms in total. The Hall–Kier alpha value is -7.42. The minimum absolute atomic E-state index is 0.389. The van der Waals surface area contributed by atoms with Gasteiger partial charge in [-0.1, -0.05) is 158 Å². The number of fused-ring (bicyclic) bond motifs is 10. The molecule has 56 heavy (non-hydrogen) atoms. The van der Waals surface area contributed by atoms with Gasteiger partial charge in [-0.3, -0.25) is 0 Å². The van der Waals surface area contributed by atoms with E-state index < -0.39 is 0 Å². The lowest BCUT2D eigenvalue weighted by molar-refractivity contribution is 1.17. The fraction of sp³-hybridized carbons (Fsp3) is 0. The van der Waals surface area contributed by atoms with Crippen LogP contribution in [0.2, 0.25) is 0 Å². The Kier molecular flexibility index (Phi) is 6.24. The molecule has 0 saturated heterocycles. The maximum Gasteiger partial charge on any atom is 0.0630 e. The number of para-hydroxylation sites is 1. The van der Waals surface area contributed by atoms with Crippen molar-refractivity contribution in [2.45, 2.75) is 0 Å². The van der Waals surface area contributed by atoms with E-state index in [1.807, 2.05) is 42.5 Å². The molecule has 0 N–H and O–H groups in total. The van der Waals surface area contributed by atoms with E-state index in [4.69, 9.17) is 1.37 Å². The van der Waals surface area contributed by atoms with E-state index in [0.29, 0.717) is 12.1 Å². The molecule has 10 aromatic carbocycles. The number of benzene rings is 10. The molecule has 0 aliphatic carbocycles. The fourth-order valence-electron chi connectivity index (χ4n) is 9.19. The van der Waals surface area contributed by atoms with E-state index in [9.17, 15) is 1.37 Å². The molecule has 12 rings (SSSR count). The van der Waals surface area contributed by atoms with Crippen molar-refractivity contribution in [3.63, 3.8) is 0 Å². The highest BCUT2D eigenvalue weighted by Gasteiger charge is 2.20. The van der Waals surface area contributed by atoms with E-state index in [1.165, 1.54) is 43.4 Å². The highest BCUT2D eigenvalue weighted by atomic mass is 15.0. The zero-order chi connectivity index (χ0) is 38.5. The van der Waals surface area contributed by atoms with Crippen LogP contribution in [0.3, 0.4) is 0 Å². The summed E-state index contributed by atoms with van der Waals surface area (Å²) in [5, 5.41) is 11.7. The Morgan fingerprint density at radius 1 is 0.304 bits per heavy atom. The Morgan fingerprint density at radius 3 is 1.77 bits per heavy atom. The van der Waals surface area contributed by atoms with Crippen LogP contribution < -0.4 is 0 Å². The number of rotatable bonds is 4. The zero-order valence-electron chi connectivity index (χ0n) is 32.4. The molecule has 2 heterocycles. The van der Waals surface area contributed by atoms with Crippen LogP contribution in [0.4, 0.5) is 0 Å². The Morgan fingerprint density at radius 2 is 0.946 bits per heavy atom. The van der Waals surface area contributed by atoms with E-state index in [2.05, 4.69) is 161 Å². The quantitative estimate of drug-likeness (QED) is 0.172. The smallest absolute Gasteiger partial charge is 0.0630 e. The van der Waals surface area contributed by atoms with E-state index in [1.54, 1.807) is 0 Å². The molecule has 0 aliphatic heterocycles. The molecule has 2 aromatic heterocycles. The van der Waals surface area contributed by atoms with Crippen LogP contribution in [-0.4, -0.2) is 9.13 Å². The largest absolute Gasteiger partial charge is 0.309 e. The summed E-state index contributed by atoms with van der Waals surface area (Å²) in [7, 11) is 0. The third-order valence-electron chi connectivity index (χ3n) is 11.7. The first kappa shape index (κ1) is 29.0. The second-order valence-corrected chi connectivity index (χ2v) is 14.7. The average Bonchev–Trinajstić information content (AvgIpc) is 3.78. The summed E-state index contributed by atoms with van der Waals surface area (Å²) in [6.07, 6.45) is 0. The van der Waals surface area contributed by atoms with Crippen molar-refractivity contribution >= 4 is 75.9 Å². The molecule has 2 heteroatoms. The summed E-state index contributed by atoms with van der Waals surface area (Å²) < 4.78 is 23.0. The van der Waals surface area contributed by atoms with E-state index >= 15 is 0 Å². The molecule has 260 valence electrons. The van der Waals surface area contributed by atoms with Gasteiger partial charge >= 0.3 is 0 Å². The molecule has 12 aromatic rings. The van der Waals surface area contributed by atoms with E-state index in [0.717, 1.165) is 66.1 Å². The highest BCUT2D eigenvalue weighted by molar-refractivity contribution is 6.25. The van der Waals surface area contributed by atoms with Gasteiger partial charge in [-0.15, -0.1) is 0 Å². The van der Waals surface area contributed by atoms with Crippen molar-refractivity contribution in [2.75, 3.05) is 0 Å². The van der Waals surface area contributed by atoms with Gasteiger partial charge in [0.05, 0.1) is 24.8 Å². The topological polar surface area (TPSA) is 9.86 Å². The first-order chi connectivity index (χ1) is 28.6. The summed E-state index contributed by atoms with van der Waals surface area (Å²) in [6.45, 7) is 0. The lowest BCUT2D eigenvalue weighted by atomic mass is 9.98. The SMILES string of the molecule is [2H]c1cc(-n2c3ccccc3c3cc4c5c6ccccc6ccc5n(-c5cccc(-c6cccc7ccccc67)c5)c4cc32)ccc1-c1c([2H])ccc2ccccc12. The van der Waals surface area contributed by atoms with Crippen LogP contribution in [0.1, 0.15) is 2.74 Å². The zero-order valence-corrected chi connectivity index (χ0v) is 30.4. The van der Waals surface area contributed by atoms with Gasteiger partial charge < -0.3 is 9.13 Å². The fourth-order valence-corrected chi connectivity index (χ4v) is 9.19. The average molecular weight is 713 g/mol. The van der Waals surface area contributed by atoms with Crippen LogP contribution in [0.5, 0.6) is 0 Å². The summed E-state index contributed by atoms with van der Waals surface area (Å²) in [5.74, 6) is 0. The van der Waals surface area contributed by atoms with Crippen LogP contribution >= 0.6 is 0 Å². The summed E-state index contributed by atoms with van der Waals surface area (Å²) in [6, 6.07) is 69.5. The standard InChI is InChI=1S/C54H34N2/c1-4-19-42-35(12-1)15-10-23-44(42)38-26-29-40(30-27-38)55-50-25-8-7-22-47(50)48-33-49-53(34-52(48)55)56(51-31-28-37-14-3-6-21-46(37)54(49)51)41-18-9-17-39(32-41)45-24-11-16-36-13-2-5-20-43(36)45/h1-34H/i23D,26D. The van der Waals surface area contributed by atoms with Gasteiger partial charge in [-0.05, 0) is 103 Å². The van der Waals surface area contributed by atoms with Crippen molar-refractivity contribution in [3.05, 3.63) is 206 Å². The lowest BCUT2D eigenvalue weighted by Crippen LogP contribution is -1.96. The second-order valence-electron chi connectivity index (χ2n) is 14.7. The molecule has 0 fully saturated rings. The van der Waals surface area contributed by atoms with Gasteiger partial charge in [0, 0.05) is 32.9 Å². The predicted octanol–water partition coefficient (Wildman–Crippen LogP) is 14.7. The van der Waals surface area contributed by atoms with Gasteiger partial charge in [-0.2, -0.15) is 0 Å². The molecular weight excluding hydrogens is 677 g/mol. The van der Waals surface area contributed by atoms with Crippen molar-refractivity contribution in [1.82, 2.24) is 9.13 Å². The number of hydrogen-bond donors (Lipinski definition) is 0. The van der Waals surface area contributed by atoms with Gasteiger partial charge in [0.1, 0.15) is 0 Å². The molecule has 0 bridgehead atoms. The van der Waals surface area contributed by atoms with Crippen molar-refractivity contribution < 1.29 is 2.74 Å². The van der Waals surface area contributed by atoms with Gasteiger partial charge in [0.15, 0.2) is 0 Å². The van der Waals surface area contributed by atoms with Crippen LogP contribution in [0.25, 0.3) is 110 Å². The summed E-state index contributed by atoms with van der Waals surface area (Å²) in [4.78, 5) is 0. The Labute approximate surface area is 326 Å². The Balaban J connectivity index is 1.14.